The highest BCUT2D eigenvalue weighted by atomic mass is 19.4. The smallest absolute Gasteiger partial charge is 0.370 e. The van der Waals surface area contributed by atoms with Crippen LogP contribution in [0.2, 0.25) is 0 Å². The van der Waals surface area contributed by atoms with Crippen LogP contribution in [-0.2, 0) is 6.18 Å². The lowest BCUT2D eigenvalue weighted by atomic mass is 10.1. The van der Waals surface area contributed by atoms with Crippen LogP contribution in [-0.4, -0.2) is 15.9 Å². The molecular formula is C12H10F3N3O4. The van der Waals surface area contributed by atoms with Crippen molar-refractivity contribution in [1.29, 1.82) is 0 Å². The first-order valence-corrected chi connectivity index (χ1v) is 6.15. The minimum atomic E-state index is -4.91. The van der Waals surface area contributed by atoms with Gasteiger partial charge in [0.2, 0.25) is 0 Å². The molecule has 0 fully saturated rings. The van der Waals surface area contributed by atoms with Gasteiger partial charge >= 0.3 is 6.18 Å². The van der Waals surface area contributed by atoms with Gasteiger partial charge in [0.15, 0.2) is 5.69 Å². The highest BCUT2D eigenvalue weighted by Crippen LogP contribution is 2.41. The molecule has 0 unspecified atom stereocenters. The summed E-state index contributed by atoms with van der Waals surface area (Å²) in [6, 6.07) is 0.282. The Balaban J connectivity index is 2.57. The molecule has 0 heterocycles. The Hall–Kier alpha value is -2.65. The first-order chi connectivity index (χ1) is 10.2. The molecule has 7 nitrogen and oxygen atoms in total. The Morgan fingerprint density at radius 1 is 1.05 bits per heavy atom. The molecule has 1 aliphatic carbocycles. The Morgan fingerprint density at radius 3 is 1.86 bits per heavy atom. The summed E-state index contributed by atoms with van der Waals surface area (Å²) in [5, 5.41) is 24.6. The second-order valence-corrected chi connectivity index (χ2v) is 4.69. The third kappa shape index (κ3) is 3.15. The van der Waals surface area contributed by atoms with Crippen LogP contribution in [0.15, 0.2) is 24.3 Å². The monoisotopic (exact) mass is 317 g/mol. The SMILES string of the molecule is O=[N+]([O-])c1cc(C(F)(F)F)cc([N+](=O)[O-])c1NC1CC=CC1. The van der Waals surface area contributed by atoms with Gasteiger partial charge in [-0.3, -0.25) is 20.2 Å². The predicted molar refractivity (Wildman–Crippen MR) is 70.5 cm³/mol. The van der Waals surface area contributed by atoms with Gasteiger partial charge in [-0.1, -0.05) is 12.2 Å². The standard InChI is InChI=1S/C12H10F3N3O4/c13-12(14,15)7-5-9(17(19)20)11(10(6-7)18(21)22)16-8-3-1-2-4-8/h1-2,5-6,8,16H,3-4H2. The van der Waals surface area contributed by atoms with Crippen LogP contribution < -0.4 is 5.32 Å². The van der Waals surface area contributed by atoms with E-state index in [-0.39, 0.29) is 6.04 Å². The average Bonchev–Trinajstić information content (AvgIpc) is 2.89. The number of nitrogens with one attached hydrogen (secondary N) is 1. The molecule has 0 atom stereocenters. The van der Waals surface area contributed by atoms with Crippen LogP contribution in [0.4, 0.5) is 30.2 Å². The third-order valence-electron chi connectivity index (χ3n) is 3.17. The highest BCUT2D eigenvalue weighted by Gasteiger charge is 2.38. The largest absolute Gasteiger partial charge is 0.416 e. The van der Waals surface area contributed by atoms with Gasteiger partial charge in [0.25, 0.3) is 11.4 Å². The average molecular weight is 317 g/mol. The van der Waals surface area contributed by atoms with E-state index in [1.807, 2.05) is 0 Å². The summed E-state index contributed by atoms with van der Waals surface area (Å²) in [5.74, 6) is 0. The fourth-order valence-corrected chi connectivity index (χ4v) is 2.15. The number of alkyl halides is 3. The van der Waals surface area contributed by atoms with Gasteiger partial charge in [0, 0.05) is 18.2 Å². The van der Waals surface area contributed by atoms with Crippen molar-refractivity contribution in [3.05, 3.63) is 50.1 Å². The van der Waals surface area contributed by atoms with E-state index in [4.69, 9.17) is 0 Å². The van der Waals surface area contributed by atoms with E-state index in [2.05, 4.69) is 5.32 Å². The van der Waals surface area contributed by atoms with Crippen molar-refractivity contribution in [2.75, 3.05) is 5.32 Å². The quantitative estimate of drug-likeness (QED) is 0.519. The van der Waals surface area contributed by atoms with Crippen molar-refractivity contribution < 1.29 is 23.0 Å². The van der Waals surface area contributed by atoms with Crippen LogP contribution >= 0.6 is 0 Å². The van der Waals surface area contributed by atoms with E-state index in [0.29, 0.717) is 25.0 Å². The summed E-state index contributed by atoms with van der Waals surface area (Å²) < 4.78 is 38.2. The number of nitrogens with zero attached hydrogens (tertiary/aromatic N) is 2. The number of halogens is 3. The lowest BCUT2D eigenvalue weighted by Gasteiger charge is -2.15. The van der Waals surface area contributed by atoms with Crippen LogP contribution in [0.1, 0.15) is 18.4 Å². The molecule has 1 N–H and O–H groups in total. The number of nitro benzene ring substituents is 2. The van der Waals surface area contributed by atoms with Crippen LogP contribution in [0, 0.1) is 20.2 Å². The van der Waals surface area contributed by atoms with Gasteiger partial charge in [-0.15, -0.1) is 0 Å². The summed E-state index contributed by atoms with van der Waals surface area (Å²) >= 11 is 0. The fourth-order valence-electron chi connectivity index (χ4n) is 2.15. The van der Waals surface area contributed by atoms with Crippen molar-refractivity contribution in [1.82, 2.24) is 0 Å². The molecule has 0 amide bonds. The molecular weight excluding hydrogens is 307 g/mol. The summed E-state index contributed by atoms with van der Waals surface area (Å²) in [4.78, 5) is 19.9. The Kier molecular flexibility index (Phi) is 4.02. The first-order valence-electron chi connectivity index (χ1n) is 6.15. The molecule has 0 saturated heterocycles. The second kappa shape index (κ2) is 5.62. The normalized spacial score (nSPS) is 15.0. The number of hydrogen-bond acceptors (Lipinski definition) is 5. The Morgan fingerprint density at radius 2 is 1.50 bits per heavy atom. The molecule has 0 saturated carbocycles. The lowest BCUT2D eigenvalue weighted by molar-refractivity contribution is -0.392. The van der Waals surface area contributed by atoms with Crippen molar-refractivity contribution in [3.63, 3.8) is 0 Å². The van der Waals surface area contributed by atoms with E-state index in [0.717, 1.165) is 0 Å². The van der Waals surface area contributed by atoms with Gasteiger partial charge in [0.1, 0.15) is 0 Å². The van der Waals surface area contributed by atoms with Gasteiger partial charge in [0.05, 0.1) is 15.4 Å². The number of anilines is 1. The summed E-state index contributed by atoms with van der Waals surface area (Å²) in [6.45, 7) is 0. The predicted octanol–water partition coefficient (Wildman–Crippen LogP) is 3.65. The van der Waals surface area contributed by atoms with Gasteiger partial charge in [-0.05, 0) is 12.8 Å². The maximum absolute atomic E-state index is 12.7. The number of benzene rings is 1. The van der Waals surface area contributed by atoms with Crippen molar-refractivity contribution >= 4 is 17.1 Å². The third-order valence-corrected chi connectivity index (χ3v) is 3.17. The van der Waals surface area contributed by atoms with Crippen molar-refractivity contribution in [3.8, 4) is 0 Å². The molecule has 0 spiro atoms. The van der Waals surface area contributed by atoms with Crippen molar-refractivity contribution in [2.24, 2.45) is 0 Å². The van der Waals surface area contributed by atoms with Crippen molar-refractivity contribution in [2.45, 2.75) is 25.1 Å². The van der Waals surface area contributed by atoms with Crippen LogP contribution in [0.25, 0.3) is 0 Å². The minimum absolute atomic E-state index is 0.303. The number of hydrogen-bond donors (Lipinski definition) is 1. The first kappa shape index (κ1) is 15.7. The molecule has 2 rings (SSSR count). The maximum atomic E-state index is 12.7. The zero-order valence-corrected chi connectivity index (χ0v) is 11.0. The van der Waals surface area contributed by atoms with Gasteiger partial charge < -0.3 is 5.32 Å². The number of nitro groups is 2. The molecule has 22 heavy (non-hydrogen) atoms. The van der Waals surface area contributed by atoms with E-state index in [9.17, 15) is 33.4 Å². The zero-order chi connectivity index (χ0) is 16.5. The Labute approximate surface area is 121 Å². The molecule has 1 aromatic carbocycles. The summed E-state index contributed by atoms with van der Waals surface area (Å²) in [7, 11) is 0. The minimum Gasteiger partial charge on any atom is -0.370 e. The highest BCUT2D eigenvalue weighted by molar-refractivity contribution is 5.75. The molecule has 10 heteroatoms. The molecule has 1 aliphatic rings. The lowest BCUT2D eigenvalue weighted by Crippen LogP contribution is -2.18. The molecule has 1 aromatic rings. The fraction of sp³-hybridized carbons (Fsp3) is 0.333. The molecule has 0 radical (unpaired) electrons. The van der Waals surface area contributed by atoms with Crippen LogP contribution in [0.5, 0.6) is 0 Å². The zero-order valence-electron chi connectivity index (χ0n) is 11.0. The van der Waals surface area contributed by atoms with E-state index < -0.39 is 38.6 Å². The van der Waals surface area contributed by atoms with Gasteiger partial charge in [-0.2, -0.15) is 13.2 Å². The summed E-state index contributed by atoms with van der Waals surface area (Å²) in [6.07, 6.45) is -0.396. The van der Waals surface area contributed by atoms with E-state index in [1.165, 1.54) is 0 Å². The molecule has 0 bridgehead atoms. The van der Waals surface area contributed by atoms with E-state index in [1.54, 1.807) is 12.2 Å². The summed E-state index contributed by atoms with van der Waals surface area (Å²) in [5.41, 5.74) is -3.86. The molecule has 0 aromatic heterocycles. The molecule has 0 aliphatic heterocycles. The number of rotatable bonds is 4. The Bertz CT molecular complexity index is 615. The van der Waals surface area contributed by atoms with E-state index >= 15 is 0 Å². The topological polar surface area (TPSA) is 98.3 Å². The van der Waals surface area contributed by atoms with Crippen LogP contribution in [0.3, 0.4) is 0 Å². The van der Waals surface area contributed by atoms with Gasteiger partial charge in [-0.25, -0.2) is 0 Å². The maximum Gasteiger partial charge on any atom is 0.416 e. The second-order valence-electron chi connectivity index (χ2n) is 4.69. The molecule has 118 valence electrons.